The van der Waals surface area contributed by atoms with Crippen molar-refractivity contribution in [3.8, 4) is 0 Å². The van der Waals surface area contributed by atoms with Crippen molar-refractivity contribution in [2.75, 3.05) is 52.9 Å². The lowest BCUT2D eigenvalue weighted by atomic mass is 9.86. The Kier molecular flexibility index (Phi) is 5.99. The number of amides is 1. The fourth-order valence-corrected chi connectivity index (χ4v) is 4.76. The van der Waals surface area contributed by atoms with Crippen LogP contribution in [-0.2, 0) is 0 Å². The molecule has 0 bridgehead atoms. The highest BCUT2D eigenvalue weighted by atomic mass is 16.3. The van der Waals surface area contributed by atoms with Crippen LogP contribution in [-0.4, -0.2) is 84.7 Å². The van der Waals surface area contributed by atoms with E-state index < -0.39 is 0 Å². The Labute approximate surface area is 166 Å². The van der Waals surface area contributed by atoms with Crippen LogP contribution in [0.5, 0.6) is 0 Å². The standard InChI is InChI=1S/C22H31N3O3/c1-23-9-11-24(12-10-23)20-6-8-25(16-19(20)3-2-13-26)22(27)18-4-5-21-17(15-18)7-14-28-21/h4-5,7,14-15,19-20,26H,2-3,6,8-13,16H2,1H3. The second-order valence-corrected chi connectivity index (χ2v) is 8.25. The number of piperazine rings is 1. The van der Waals surface area contributed by atoms with Gasteiger partial charge in [0.25, 0.3) is 5.91 Å². The Bertz CT molecular complexity index is 797. The summed E-state index contributed by atoms with van der Waals surface area (Å²) >= 11 is 0. The Morgan fingerprint density at radius 1 is 1.18 bits per heavy atom. The second kappa shape index (κ2) is 8.64. The van der Waals surface area contributed by atoms with E-state index in [0.717, 1.165) is 75.1 Å². The first-order valence-electron chi connectivity index (χ1n) is 10.5. The Morgan fingerprint density at radius 3 is 2.79 bits per heavy atom. The lowest BCUT2D eigenvalue weighted by Gasteiger charge is -2.46. The first kappa shape index (κ1) is 19.4. The molecule has 1 amide bonds. The minimum Gasteiger partial charge on any atom is -0.464 e. The van der Waals surface area contributed by atoms with Crippen LogP contribution in [0.1, 0.15) is 29.6 Å². The van der Waals surface area contributed by atoms with Crippen molar-refractivity contribution < 1.29 is 14.3 Å². The smallest absolute Gasteiger partial charge is 0.253 e. The van der Waals surface area contributed by atoms with Gasteiger partial charge in [-0.25, -0.2) is 0 Å². The first-order chi connectivity index (χ1) is 13.7. The van der Waals surface area contributed by atoms with Gasteiger partial charge in [-0.15, -0.1) is 0 Å². The van der Waals surface area contributed by atoms with E-state index in [1.165, 1.54) is 0 Å². The summed E-state index contributed by atoms with van der Waals surface area (Å²) in [6.07, 6.45) is 4.45. The predicted molar refractivity (Wildman–Crippen MR) is 109 cm³/mol. The van der Waals surface area contributed by atoms with Crippen LogP contribution in [0.4, 0.5) is 0 Å². The number of hydrogen-bond acceptors (Lipinski definition) is 5. The molecule has 6 heteroatoms. The molecular formula is C22H31N3O3. The molecule has 28 heavy (non-hydrogen) atoms. The molecule has 2 aliphatic rings. The van der Waals surface area contributed by atoms with Gasteiger partial charge in [0, 0.05) is 62.9 Å². The molecule has 2 saturated heterocycles. The van der Waals surface area contributed by atoms with Crippen molar-refractivity contribution >= 4 is 16.9 Å². The number of hydrogen-bond donors (Lipinski definition) is 1. The number of aliphatic hydroxyl groups is 1. The Hall–Kier alpha value is -1.89. The third-order valence-electron chi connectivity index (χ3n) is 6.42. The van der Waals surface area contributed by atoms with Gasteiger partial charge in [0.2, 0.25) is 0 Å². The molecule has 4 rings (SSSR count). The number of likely N-dealkylation sites (tertiary alicyclic amines) is 1. The van der Waals surface area contributed by atoms with Crippen LogP contribution in [0.3, 0.4) is 0 Å². The van der Waals surface area contributed by atoms with E-state index in [9.17, 15) is 9.90 Å². The number of furan rings is 1. The molecule has 2 atom stereocenters. The summed E-state index contributed by atoms with van der Waals surface area (Å²) < 4.78 is 5.39. The van der Waals surface area contributed by atoms with E-state index in [0.29, 0.717) is 12.0 Å². The molecule has 1 aromatic carbocycles. The van der Waals surface area contributed by atoms with Crippen LogP contribution in [0.15, 0.2) is 34.9 Å². The van der Waals surface area contributed by atoms with E-state index >= 15 is 0 Å². The van der Waals surface area contributed by atoms with Gasteiger partial charge >= 0.3 is 0 Å². The van der Waals surface area contributed by atoms with Gasteiger partial charge in [-0.05, 0) is 56.5 Å². The van der Waals surface area contributed by atoms with Gasteiger partial charge in [-0.2, -0.15) is 0 Å². The van der Waals surface area contributed by atoms with Crippen molar-refractivity contribution in [3.05, 3.63) is 36.1 Å². The van der Waals surface area contributed by atoms with E-state index in [1.54, 1.807) is 6.26 Å². The highest BCUT2D eigenvalue weighted by Gasteiger charge is 2.35. The van der Waals surface area contributed by atoms with Crippen LogP contribution in [0, 0.1) is 5.92 Å². The fourth-order valence-electron chi connectivity index (χ4n) is 4.76. The van der Waals surface area contributed by atoms with Gasteiger partial charge in [-0.3, -0.25) is 9.69 Å². The number of benzene rings is 1. The average molecular weight is 386 g/mol. The van der Waals surface area contributed by atoms with E-state index in [-0.39, 0.29) is 12.5 Å². The van der Waals surface area contributed by atoms with Crippen LogP contribution < -0.4 is 0 Å². The highest BCUT2D eigenvalue weighted by Crippen LogP contribution is 2.28. The SMILES string of the molecule is CN1CCN(C2CCN(C(=O)c3ccc4occc4c3)CC2CCCO)CC1. The summed E-state index contributed by atoms with van der Waals surface area (Å²) in [6, 6.07) is 8.08. The second-order valence-electron chi connectivity index (χ2n) is 8.25. The van der Waals surface area contributed by atoms with Gasteiger partial charge in [-0.1, -0.05) is 0 Å². The molecule has 2 fully saturated rings. The van der Waals surface area contributed by atoms with Gasteiger partial charge in [0.05, 0.1) is 6.26 Å². The minimum atomic E-state index is 0.105. The lowest BCUT2D eigenvalue weighted by molar-refractivity contribution is 0.0218. The molecule has 3 heterocycles. The third-order valence-corrected chi connectivity index (χ3v) is 6.42. The summed E-state index contributed by atoms with van der Waals surface area (Å²) in [4.78, 5) is 20.1. The number of carbonyl (C=O) groups excluding carboxylic acids is 1. The van der Waals surface area contributed by atoms with E-state index in [2.05, 4.69) is 16.8 Å². The van der Waals surface area contributed by atoms with E-state index in [1.807, 2.05) is 29.2 Å². The zero-order valence-electron chi connectivity index (χ0n) is 16.7. The molecule has 2 unspecified atom stereocenters. The number of fused-ring (bicyclic) bond motifs is 1. The topological polar surface area (TPSA) is 60.2 Å². The molecule has 0 aliphatic carbocycles. The average Bonchev–Trinajstić information content (AvgIpc) is 3.20. The van der Waals surface area contributed by atoms with Crippen molar-refractivity contribution in [1.82, 2.24) is 14.7 Å². The normalized spacial score (nSPS) is 24.7. The van der Waals surface area contributed by atoms with Crippen LogP contribution in [0.25, 0.3) is 11.0 Å². The molecule has 2 aromatic rings. The van der Waals surface area contributed by atoms with Crippen LogP contribution >= 0.6 is 0 Å². The van der Waals surface area contributed by atoms with Crippen LogP contribution in [0.2, 0.25) is 0 Å². The molecule has 1 N–H and O–H groups in total. The summed E-state index contributed by atoms with van der Waals surface area (Å²) in [6.45, 7) is 6.21. The summed E-state index contributed by atoms with van der Waals surface area (Å²) in [7, 11) is 2.18. The summed E-state index contributed by atoms with van der Waals surface area (Å²) in [5.41, 5.74) is 1.54. The first-order valence-corrected chi connectivity index (χ1v) is 10.5. The third kappa shape index (κ3) is 4.09. The highest BCUT2D eigenvalue weighted by molar-refractivity contribution is 5.97. The van der Waals surface area contributed by atoms with Gasteiger partial charge < -0.3 is 19.3 Å². The maximum Gasteiger partial charge on any atom is 0.253 e. The largest absolute Gasteiger partial charge is 0.464 e. The molecule has 0 spiro atoms. The Balaban J connectivity index is 1.46. The van der Waals surface area contributed by atoms with Gasteiger partial charge in [0.15, 0.2) is 0 Å². The number of piperidine rings is 1. The van der Waals surface area contributed by atoms with Crippen molar-refractivity contribution in [2.24, 2.45) is 5.92 Å². The molecular weight excluding hydrogens is 354 g/mol. The van der Waals surface area contributed by atoms with Crippen molar-refractivity contribution in [3.63, 3.8) is 0 Å². The molecule has 0 radical (unpaired) electrons. The quantitative estimate of drug-likeness (QED) is 0.856. The lowest BCUT2D eigenvalue weighted by Crippen LogP contribution is -2.56. The minimum absolute atomic E-state index is 0.105. The molecule has 0 saturated carbocycles. The number of nitrogens with zero attached hydrogens (tertiary/aromatic N) is 3. The summed E-state index contributed by atoms with van der Waals surface area (Å²) in [5, 5.41) is 10.3. The zero-order chi connectivity index (χ0) is 19.5. The zero-order valence-corrected chi connectivity index (χ0v) is 16.7. The maximum absolute atomic E-state index is 13.1. The summed E-state index contributed by atoms with van der Waals surface area (Å²) in [5.74, 6) is 0.528. The maximum atomic E-state index is 13.1. The van der Waals surface area contributed by atoms with Gasteiger partial charge in [0.1, 0.15) is 5.58 Å². The molecule has 152 valence electrons. The van der Waals surface area contributed by atoms with E-state index in [4.69, 9.17) is 4.42 Å². The number of likely N-dealkylation sites (N-methyl/N-ethyl adjacent to an activating group) is 1. The molecule has 6 nitrogen and oxygen atoms in total. The molecule has 1 aromatic heterocycles. The predicted octanol–water partition coefficient (Wildman–Crippen LogP) is 2.28. The number of aliphatic hydroxyl groups excluding tert-OH is 1. The Morgan fingerprint density at radius 2 is 2.00 bits per heavy atom. The van der Waals surface area contributed by atoms with Crippen molar-refractivity contribution in [2.45, 2.75) is 25.3 Å². The number of carbonyl (C=O) groups is 1. The van der Waals surface area contributed by atoms with Crippen molar-refractivity contribution in [1.29, 1.82) is 0 Å². The fraction of sp³-hybridized carbons (Fsp3) is 0.591. The molecule has 2 aliphatic heterocycles. The number of rotatable bonds is 5. The monoisotopic (exact) mass is 385 g/mol.